The summed E-state index contributed by atoms with van der Waals surface area (Å²) in [5.41, 5.74) is 5.24. The first kappa shape index (κ1) is 17.7. The Labute approximate surface area is 151 Å². The van der Waals surface area contributed by atoms with E-state index in [1.54, 1.807) is 0 Å². The molecule has 0 bridgehead atoms. The largest absolute Gasteiger partial charge is 0.322 e. The molecule has 0 saturated carbocycles. The molecular weight excluding hydrogens is 308 g/mol. The average molecular weight is 336 g/mol. The minimum absolute atomic E-state index is 0.0543. The summed E-state index contributed by atoms with van der Waals surface area (Å²) in [5, 5.41) is 2.98. The zero-order chi connectivity index (χ0) is 17.8. The van der Waals surface area contributed by atoms with Gasteiger partial charge in [0.05, 0.1) is 0 Å². The van der Waals surface area contributed by atoms with Crippen LogP contribution in [0, 0.1) is 19.8 Å². The molecule has 3 rings (SSSR count). The first-order valence-electron chi connectivity index (χ1n) is 9.21. The number of nitrogens with zero attached hydrogens (tertiary/aromatic N) is 1. The summed E-state index contributed by atoms with van der Waals surface area (Å²) in [6.45, 7) is 9.79. The summed E-state index contributed by atoms with van der Waals surface area (Å²) in [7, 11) is 0. The van der Waals surface area contributed by atoms with E-state index in [0.717, 1.165) is 18.2 Å². The van der Waals surface area contributed by atoms with Crippen LogP contribution in [0.15, 0.2) is 42.5 Å². The van der Waals surface area contributed by atoms with Gasteiger partial charge in [-0.05, 0) is 80.1 Å². The van der Waals surface area contributed by atoms with Crippen LogP contribution in [0.5, 0.6) is 0 Å². The van der Waals surface area contributed by atoms with Gasteiger partial charge in [0.1, 0.15) is 0 Å². The van der Waals surface area contributed by atoms with Crippen molar-refractivity contribution in [3.8, 4) is 0 Å². The lowest BCUT2D eigenvalue weighted by Crippen LogP contribution is -2.33. The molecule has 3 heteroatoms. The molecule has 1 N–H and O–H groups in total. The minimum Gasteiger partial charge on any atom is -0.322 e. The van der Waals surface area contributed by atoms with Crippen molar-refractivity contribution in [2.75, 3.05) is 18.4 Å². The number of piperidine rings is 1. The van der Waals surface area contributed by atoms with E-state index in [1.165, 1.54) is 42.6 Å². The van der Waals surface area contributed by atoms with Crippen molar-refractivity contribution < 1.29 is 4.79 Å². The zero-order valence-electron chi connectivity index (χ0n) is 15.5. The van der Waals surface area contributed by atoms with Gasteiger partial charge in [-0.3, -0.25) is 9.69 Å². The van der Waals surface area contributed by atoms with Gasteiger partial charge in [0.25, 0.3) is 5.91 Å². The Morgan fingerprint density at radius 3 is 2.56 bits per heavy atom. The molecule has 1 atom stereocenters. The number of carbonyl (C=O) groups is 1. The van der Waals surface area contributed by atoms with Gasteiger partial charge in [-0.2, -0.15) is 0 Å². The SMILES string of the molecule is Cc1ccc(NC(=O)c2ccc(CN3CCC[C@@H](C)C3)cc2)cc1C. The van der Waals surface area contributed by atoms with E-state index >= 15 is 0 Å². The van der Waals surface area contributed by atoms with Gasteiger partial charge in [0.2, 0.25) is 0 Å². The van der Waals surface area contributed by atoms with Crippen LogP contribution in [0.3, 0.4) is 0 Å². The number of carbonyl (C=O) groups excluding carboxylic acids is 1. The average Bonchev–Trinajstić information content (AvgIpc) is 2.59. The first-order chi connectivity index (χ1) is 12.0. The third-order valence-electron chi connectivity index (χ3n) is 5.13. The highest BCUT2D eigenvalue weighted by molar-refractivity contribution is 6.04. The van der Waals surface area contributed by atoms with Crippen LogP contribution < -0.4 is 5.32 Å². The highest BCUT2D eigenvalue weighted by Gasteiger charge is 2.16. The molecule has 1 aliphatic rings. The molecule has 0 unspecified atom stereocenters. The van der Waals surface area contributed by atoms with E-state index in [1.807, 2.05) is 30.3 Å². The highest BCUT2D eigenvalue weighted by atomic mass is 16.1. The number of anilines is 1. The van der Waals surface area contributed by atoms with Crippen LogP contribution in [0.2, 0.25) is 0 Å². The monoisotopic (exact) mass is 336 g/mol. The molecule has 132 valence electrons. The summed E-state index contributed by atoms with van der Waals surface area (Å²) >= 11 is 0. The lowest BCUT2D eigenvalue weighted by Gasteiger charge is -2.30. The molecule has 1 saturated heterocycles. The molecule has 0 radical (unpaired) electrons. The molecule has 0 spiro atoms. The van der Waals surface area contributed by atoms with Gasteiger partial charge >= 0.3 is 0 Å². The van der Waals surface area contributed by atoms with E-state index < -0.39 is 0 Å². The fourth-order valence-corrected chi connectivity index (χ4v) is 3.47. The molecule has 25 heavy (non-hydrogen) atoms. The fraction of sp³-hybridized carbons (Fsp3) is 0.409. The second kappa shape index (κ2) is 7.83. The maximum absolute atomic E-state index is 12.4. The number of likely N-dealkylation sites (tertiary alicyclic amines) is 1. The predicted molar refractivity (Wildman–Crippen MR) is 104 cm³/mol. The molecule has 0 aromatic heterocycles. The Bertz CT molecular complexity index is 736. The van der Waals surface area contributed by atoms with Crippen molar-refractivity contribution in [1.82, 2.24) is 4.90 Å². The van der Waals surface area contributed by atoms with E-state index in [4.69, 9.17) is 0 Å². The maximum Gasteiger partial charge on any atom is 0.255 e. The number of aryl methyl sites for hydroxylation is 2. The molecule has 1 aliphatic heterocycles. The lowest BCUT2D eigenvalue weighted by atomic mass is 9.99. The second-order valence-corrected chi connectivity index (χ2v) is 7.43. The molecule has 0 aliphatic carbocycles. The summed E-state index contributed by atoms with van der Waals surface area (Å²) in [5.74, 6) is 0.734. The van der Waals surface area contributed by atoms with Crippen LogP contribution in [0.4, 0.5) is 5.69 Å². The van der Waals surface area contributed by atoms with Gasteiger partial charge in [-0.15, -0.1) is 0 Å². The summed E-state index contributed by atoms with van der Waals surface area (Å²) in [6.07, 6.45) is 2.63. The van der Waals surface area contributed by atoms with Crippen molar-refractivity contribution >= 4 is 11.6 Å². The normalized spacial score (nSPS) is 18.1. The van der Waals surface area contributed by atoms with Crippen molar-refractivity contribution in [3.05, 3.63) is 64.7 Å². The Hall–Kier alpha value is -2.13. The second-order valence-electron chi connectivity index (χ2n) is 7.43. The summed E-state index contributed by atoms with van der Waals surface area (Å²) < 4.78 is 0. The van der Waals surface area contributed by atoms with Gasteiger partial charge in [-0.25, -0.2) is 0 Å². The van der Waals surface area contributed by atoms with Crippen molar-refractivity contribution in [2.24, 2.45) is 5.92 Å². The van der Waals surface area contributed by atoms with E-state index in [2.05, 4.69) is 43.1 Å². The van der Waals surface area contributed by atoms with Gasteiger partial charge < -0.3 is 5.32 Å². The molecule has 1 heterocycles. The Morgan fingerprint density at radius 1 is 1.12 bits per heavy atom. The molecule has 3 nitrogen and oxygen atoms in total. The Balaban J connectivity index is 1.61. The number of rotatable bonds is 4. The third kappa shape index (κ3) is 4.70. The van der Waals surface area contributed by atoms with E-state index in [0.29, 0.717) is 5.56 Å². The number of nitrogens with one attached hydrogen (secondary N) is 1. The standard InChI is InChI=1S/C22H28N2O/c1-16-5-4-12-24(14-16)15-19-7-9-20(10-8-19)22(25)23-21-11-6-17(2)18(3)13-21/h6-11,13,16H,4-5,12,14-15H2,1-3H3,(H,23,25)/t16-/m1/s1. The number of hydrogen-bond donors (Lipinski definition) is 1. The lowest BCUT2D eigenvalue weighted by molar-refractivity contribution is 0.102. The van der Waals surface area contributed by atoms with Crippen molar-refractivity contribution in [3.63, 3.8) is 0 Å². The van der Waals surface area contributed by atoms with E-state index in [9.17, 15) is 4.79 Å². The van der Waals surface area contributed by atoms with Crippen LogP contribution in [-0.2, 0) is 6.54 Å². The molecule has 1 fully saturated rings. The smallest absolute Gasteiger partial charge is 0.255 e. The van der Waals surface area contributed by atoms with Crippen molar-refractivity contribution in [1.29, 1.82) is 0 Å². The molecule has 2 aromatic carbocycles. The summed E-state index contributed by atoms with van der Waals surface area (Å²) in [6, 6.07) is 14.0. The fourth-order valence-electron chi connectivity index (χ4n) is 3.47. The Morgan fingerprint density at radius 2 is 1.88 bits per heavy atom. The van der Waals surface area contributed by atoms with Gasteiger partial charge in [0.15, 0.2) is 0 Å². The van der Waals surface area contributed by atoms with Crippen LogP contribution in [0.25, 0.3) is 0 Å². The predicted octanol–water partition coefficient (Wildman–Crippen LogP) is 4.79. The maximum atomic E-state index is 12.4. The molecule has 1 amide bonds. The molecular formula is C22H28N2O. The van der Waals surface area contributed by atoms with Crippen molar-refractivity contribution in [2.45, 2.75) is 40.2 Å². The number of amides is 1. The van der Waals surface area contributed by atoms with Crippen LogP contribution >= 0.6 is 0 Å². The first-order valence-corrected chi connectivity index (χ1v) is 9.21. The van der Waals surface area contributed by atoms with Gasteiger partial charge in [0, 0.05) is 24.3 Å². The zero-order valence-corrected chi connectivity index (χ0v) is 15.5. The van der Waals surface area contributed by atoms with E-state index in [-0.39, 0.29) is 5.91 Å². The molecule has 2 aromatic rings. The highest BCUT2D eigenvalue weighted by Crippen LogP contribution is 2.19. The summed E-state index contributed by atoms with van der Waals surface area (Å²) in [4.78, 5) is 14.9. The Kier molecular flexibility index (Phi) is 5.54. The minimum atomic E-state index is -0.0543. The topological polar surface area (TPSA) is 32.3 Å². The number of hydrogen-bond acceptors (Lipinski definition) is 2. The van der Waals surface area contributed by atoms with Crippen LogP contribution in [-0.4, -0.2) is 23.9 Å². The third-order valence-corrected chi connectivity index (χ3v) is 5.13. The number of benzene rings is 2. The van der Waals surface area contributed by atoms with Gasteiger partial charge in [-0.1, -0.05) is 25.1 Å². The quantitative estimate of drug-likeness (QED) is 0.871. The van der Waals surface area contributed by atoms with Crippen LogP contribution in [0.1, 0.15) is 46.8 Å².